The molecule has 5 rings (SSSR count). The Hall–Kier alpha value is -3.16. The third-order valence-electron chi connectivity index (χ3n) is 6.09. The molecule has 0 bridgehead atoms. The minimum absolute atomic E-state index is 0.305. The maximum atomic E-state index is 14.5. The average Bonchev–Trinajstić information content (AvgIpc) is 3.22. The second kappa shape index (κ2) is 7.59. The molecular weight excluding hydrogens is 388 g/mol. The molecule has 6 nitrogen and oxygen atoms in total. The summed E-state index contributed by atoms with van der Waals surface area (Å²) in [6.45, 7) is 4.08. The molecule has 154 valence electrons. The summed E-state index contributed by atoms with van der Waals surface area (Å²) in [5.74, 6) is 0.218. The molecule has 2 aliphatic rings. The molecule has 1 aromatic carbocycles. The van der Waals surface area contributed by atoms with Crippen LogP contribution in [0.3, 0.4) is 0 Å². The second-order valence-electron chi connectivity index (χ2n) is 7.85. The van der Waals surface area contributed by atoms with E-state index in [1.165, 1.54) is 24.5 Å². The molecule has 1 saturated heterocycles. The number of hydrogen-bond donors (Lipinski definition) is 0. The van der Waals surface area contributed by atoms with Gasteiger partial charge >= 0.3 is 0 Å². The van der Waals surface area contributed by atoms with Crippen molar-refractivity contribution in [1.82, 2.24) is 20.2 Å². The van der Waals surface area contributed by atoms with Gasteiger partial charge in [0, 0.05) is 37.0 Å². The smallest absolute Gasteiger partial charge is 0.225 e. The predicted octanol–water partition coefficient (Wildman–Crippen LogP) is 3.54. The number of aryl methyl sites for hydroxylation is 1. The fourth-order valence-corrected chi connectivity index (χ4v) is 4.26. The molecule has 1 aliphatic heterocycles. The van der Waals surface area contributed by atoms with Gasteiger partial charge in [0.25, 0.3) is 0 Å². The van der Waals surface area contributed by atoms with Gasteiger partial charge < -0.3 is 9.64 Å². The summed E-state index contributed by atoms with van der Waals surface area (Å²) in [4.78, 5) is 11.0. The number of hydrogen-bond acceptors (Lipinski definition) is 6. The van der Waals surface area contributed by atoms with E-state index in [1.807, 2.05) is 12.4 Å². The number of piperidine rings is 1. The Morgan fingerprint density at radius 1 is 1.00 bits per heavy atom. The van der Waals surface area contributed by atoms with Crippen molar-refractivity contribution >= 4 is 5.95 Å². The maximum Gasteiger partial charge on any atom is 0.225 e. The largest absolute Gasteiger partial charge is 0.487 e. The van der Waals surface area contributed by atoms with Crippen LogP contribution in [-0.4, -0.2) is 39.9 Å². The number of rotatable bonds is 6. The van der Waals surface area contributed by atoms with Crippen LogP contribution in [0.15, 0.2) is 43.0 Å². The average molecular weight is 409 g/mol. The van der Waals surface area contributed by atoms with Gasteiger partial charge in [-0.1, -0.05) is 6.92 Å². The minimum atomic E-state index is -0.710. The van der Waals surface area contributed by atoms with Crippen molar-refractivity contribution in [1.29, 1.82) is 0 Å². The zero-order valence-electron chi connectivity index (χ0n) is 16.5. The standard InChI is InChI=1S/C22H21F2N5O/c1-2-13-7-25-22(26-8-13)29-10-16-17(11-29)18(16)12-30-21-19(23)5-15(6-20(21)24)14-3-4-27-28-9-14/h3-9,16-18H,2,10-12H2,1H3. The fourth-order valence-electron chi connectivity index (χ4n) is 4.26. The van der Waals surface area contributed by atoms with Crippen molar-refractivity contribution < 1.29 is 13.5 Å². The van der Waals surface area contributed by atoms with Crippen molar-refractivity contribution in [3.63, 3.8) is 0 Å². The number of halogens is 2. The summed E-state index contributed by atoms with van der Waals surface area (Å²) in [5.41, 5.74) is 2.12. The van der Waals surface area contributed by atoms with Crippen LogP contribution in [0, 0.1) is 29.4 Å². The lowest BCUT2D eigenvalue weighted by molar-refractivity contribution is 0.257. The van der Waals surface area contributed by atoms with Crippen molar-refractivity contribution in [3.8, 4) is 16.9 Å². The molecule has 30 heavy (non-hydrogen) atoms. The van der Waals surface area contributed by atoms with E-state index >= 15 is 0 Å². The third kappa shape index (κ3) is 3.46. The molecule has 0 amide bonds. The zero-order valence-corrected chi connectivity index (χ0v) is 16.5. The monoisotopic (exact) mass is 409 g/mol. The first kappa shape index (κ1) is 18.8. The van der Waals surface area contributed by atoms with E-state index in [1.54, 1.807) is 6.07 Å². The van der Waals surface area contributed by atoms with Crippen molar-refractivity contribution in [2.45, 2.75) is 13.3 Å². The number of nitrogens with zero attached hydrogens (tertiary/aromatic N) is 5. The van der Waals surface area contributed by atoms with E-state index in [0.29, 0.717) is 35.5 Å². The Morgan fingerprint density at radius 2 is 1.70 bits per heavy atom. The van der Waals surface area contributed by atoms with Crippen molar-refractivity contribution in [2.75, 3.05) is 24.6 Å². The summed E-state index contributed by atoms with van der Waals surface area (Å²) in [6, 6.07) is 4.18. The molecule has 0 radical (unpaired) electrons. The van der Waals surface area contributed by atoms with E-state index < -0.39 is 11.6 Å². The molecule has 2 aromatic heterocycles. The quantitative estimate of drug-likeness (QED) is 0.621. The lowest BCUT2D eigenvalue weighted by atomic mass is 10.1. The van der Waals surface area contributed by atoms with Gasteiger partial charge in [0.2, 0.25) is 5.95 Å². The topological polar surface area (TPSA) is 64.0 Å². The molecule has 3 heterocycles. The Kier molecular flexibility index (Phi) is 4.77. The van der Waals surface area contributed by atoms with E-state index in [4.69, 9.17) is 4.74 Å². The molecule has 2 unspecified atom stereocenters. The molecule has 0 N–H and O–H groups in total. The van der Waals surface area contributed by atoms with Crippen LogP contribution in [0.4, 0.5) is 14.7 Å². The van der Waals surface area contributed by atoms with Gasteiger partial charge in [-0.25, -0.2) is 18.7 Å². The molecule has 2 fully saturated rings. The summed E-state index contributed by atoms with van der Waals surface area (Å²) in [6.07, 6.45) is 7.59. The van der Waals surface area contributed by atoms with E-state index in [9.17, 15) is 8.78 Å². The van der Waals surface area contributed by atoms with Gasteiger partial charge in [0.15, 0.2) is 17.4 Å². The van der Waals surface area contributed by atoms with E-state index in [0.717, 1.165) is 31.0 Å². The van der Waals surface area contributed by atoms with Gasteiger partial charge in [-0.05, 0) is 47.6 Å². The fraction of sp³-hybridized carbons (Fsp3) is 0.364. The lowest BCUT2D eigenvalue weighted by Crippen LogP contribution is -2.27. The van der Waals surface area contributed by atoms with Crippen LogP contribution < -0.4 is 9.64 Å². The van der Waals surface area contributed by atoms with Crippen LogP contribution >= 0.6 is 0 Å². The van der Waals surface area contributed by atoms with Crippen LogP contribution in [0.5, 0.6) is 5.75 Å². The van der Waals surface area contributed by atoms with Gasteiger partial charge in [0.05, 0.1) is 19.0 Å². The molecule has 2 atom stereocenters. The first-order valence-electron chi connectivity index (χ1n) is 10.1. The highest BCUT2D eigenvalue weighted by Gasteiger charge is 2.56. The highest BCUT2D eigenvalue weighted by atomic mass is 19.1. The molecule has 3 aromatic rings. The first-order chi connectivity index (χ1) is 14.6. The summed E-state index contributed by atoms with van der Waals surface area (Å²) in [7, 11) is 0. The SMILES string of the molecule is CCc1cnc(N2CC3C(COc4c(F)cc(-c5ccnnc5)cc4F)C3C2)nc1. The normalized spacial score (nSPS) is 22.1. The summed E-state index contributed by atoms with van der Waals surface area (Å²) < 4.78 is 34.5. The summed E-state index contributed by atoms with van der Waals surface area (Å²) in [5, 5.41) is 7.42. The van der Waals surface area contributed by atoms with Crippen molar-refractivity contribution in [2.24, 2.45) is 17.8 Å². The Labute approximate surface area is 173 Å². The molecule has 1 aliphatic carbocycles. The van der Waals surface area contributed by atoms with Gasteiger partial charge in [-0.15, -0.1) is 0 Å². The number of fused-ring (bicyclic) bond motifs is 1. The van der Waals surface area contributed by atoms with Gasteiger partial charge in [0.1, 0.15) is 0 Å². The minimum Gasteiger partial charge on any atom is -0.487 e. The van der Waals surface area contributed by atoms with Crippen LogP contribution in [0.25, 0.3) is 11.1 Å². The second-order valence-corrected chi connectivity index (χ2v) is 7.85. The third-order valence-corrected chi connectivity index (χ3v) is 6.09. The van der Waals surface area contributed by atoms with Crippen molar-refractivity contribution in [3.05, 3.63) is 60.2 Å². The Balaban J connectivity index is 1.19. The highest BCUT2D eigenvalue weighted by molar-refractivity contribution is 5.63. The predicted molar refractivity (Wildman–Crippen MR) is 107 cm³/mol. The van der Waals surface area contributed by atoms with E-state index in [-0.39, 0.29) is 5.75 Å². The lowest BCUT2D eigenvalue weighted by Gasteiger charge is -2.20. The first-order valence-corrected chi connectivity index (χ1v) is 10.1. The van der Waals surface area contributed by atoms with Crippen LogP contribution in [-0.2, 0) is 6.42 Å². The number of ether oxygens (including phenoxy) is 1. The van der Waals surface area contributed by atoms with Gasteiger partial charge in [-0.2, -0.15) is 10.2 Å². The number of anilines is 1. The van der Waals surface area contributed by atoms with Crippen LogP contribution in [0.1, 0.15) is 12.5 Å². The molecule has 8 heteroatoms. The number of benzene rings is 1. The molecule has 1 saturated carbocycles. The summed E-state index contributed by atoms with van der Waals surface area (Å²) >= 11 is 0. The maximum absolute atomic E-state index is 14.5. The van der Waals surface area contributed by atoms with E-state index in [2.05, 4.69) is 32.0 Å². The molecule has 0 spiro atoms. The number of aromatic nitrogens is 4. The molecular formula is C22H21F2N5O. The van der Waals surface area contributed by atoms with Crippen LogP contribution in [0.2, 0.25) is 0 Å². The Bertz CT molecular complexity index is 1010. The highest BCUT2D eigenvalue weighted by Crippen LogP contribution is 2.52. The van der Waals surface area contributed by atoms with Gasteiger partial charge in [-0.3, -0.25) is 0 Å². The zero-order chi connectivity index (χ0) is 20.7. The Morgan fingerprint density at radius 3 is 2.30 bits per heavy atom.